The van der Waals surface area contributed by atoms with Crippen molar-refractivity contribution >= 4 is 29.0 Å². The molecule has 2 heterocycles. The normalized spacial score (nSPS) is 18.0. The van der Waals surface area contributed by atoms with Crippen LogP contribution in [-0.4, -0.2) is 36.4 Å². The van der Waals surface area contributed by atoms with Gasteiger partial charge in [-0.25, -0.2) is 4.98 Å². The van der Waals surface area contributed by atoms with Crippen LogP contribution in [-0.2, 0) is 11.2 Å². The average Bonchev–Trinajstić information content (AvgIpc) is 3.15. The van der Waals surface area contributed by atoms with Crippen molar-refractivity contribution in [3.63, 3.8) is 0 Å². The van der Waals surface area contributed by atoms with Gasteiger partial charge in [-0.05, 0) is 67.0 Å². The van der Waals surface area contributed by atoms with Crippen LogP contribution in [0, 0.1) is 30.0 Å². The number of hydrogen-bond acceptors (Lipinski definition) is 5. The van der Waals surface area contributed by atoms with Crippen LogP contribution < -0.4 is 16.2 Å². The number of ether oxygens (including phenoxy) is 1. The predicted molar refractivity (Wildman–Crippen MR) is 144 cm³/mol. The van der Waals surface area contributed by atoms with Crippen LogP contribution >= 0.6 is 23.2 Å². The van der Waals surface area contributed by atoms with Gasteiger partial charge in [0.1, 0.15) is 12.4 Å². The maximum absolute atomic E-state index is 15.4. The van der Waals surface area contributed by atoms with E-state index in [4.69, 9.17) is 33.7 Å². The van der Waals surface area contributed by atoms with E-state index >= 15 is 4.39 Å². The Hall–Kier alpha value is -2.89. The number of aryl methyl sites for hydroxylation is 1. The minimum atomic E-state index is -0.907. The number of halogens is 3. The smallest absolute Gasteiger partial charge is 0.296 e. The highest BCUT2D eigenvalue weighted by Crippen LogP contribution is 2.51. The second-order valence-corrected chi connectivity index (χ2v) is 10.4. The first kappa shape index (κ1) is 25.7. The highest BCUT2D eigenvalue weighted by atomic mass is 35.5. The van der Waals surface area contributed by atoms with Crippen LogP contribution in [0.1, 0.15) is 41.4 Å². The van der Waals surface area contributed by atoms with Crippen LogP contribution in [0.25, 0.3) is 5.69 Å². The Balaban J connectivity index is 1.38. The second kappa shape index (κ2) is 10.1. The number of nitrogens with zero attached hydrogens (tertiary/aromatic N) is 3. The lowest BCUT2D eigenvalue weighted by molar-refractivity contribution is 0.186. The lowest BCUT2D eigenvalue weighted by Crippen LogP contribution is -2.45. The first-order valence-corrected chi connectivity index (χ1v) is 12.9. The second-order valence-electron chi connectivity index (χ2n) is 9.66. The molecule has 1 spiro atoms. The molecule has 1 atom stereocenters. The highest BCUT2D eigenvalue weighted by molar-refractivity contribution is 6.43. The molecule has 0 bridgehead atoms. The summed E-state index contributed by atoms with van der Waals surface area (Å²) in [6.07, 6.45) is 2.39. The van der Waals surface area contributed by atoms with Crippen molar-refractivity contribution in [1.82, 2.24) is 9.55 Å². The number of nitrogens with two attached hydrogens (primary N) is 1. The summed E-state index contributed by atoms with van der Waals surface area (Å²) in [5, 5.41) is 0.449. The molecule has 9 heteroatoms. The third-order valence-electron chi connectivity index (χ3n) is 7.54. The standard InChI is InChI=1S/C28H27Cl2FN4O2/c1-17-33-26(24(31)27(36)35(17)22-7-3-6-21(29)23(22)30)34-12-10-28(11-13-34)16-19-9-8-18(5-4-14-37-2)15-20(19)25(28)32/h3,6-9,15,25H,10-14,16,32H2,1-2H3/t25-/m1/s1. The number of piperidine rings is 1. The average molecular weight is 541 g/mol. The molecule has 0 amide bonds. The van der Waals surface area contributed by atoms with Crippen molar-refractivity contribution in [1.29, 1.82) is 0 Å². The summed E-state index contributed by atoms with van der Waals surface area (Å²) in [6, 6.07) is 11.0. The number of benzene rings is 2. The molecule has 1 saturated heterocycles. The summed E-state index contributed by atoms with van der Waals surface area (Å²) in [7, 11) is 1.62. The van der Waals surface area contributed by atoms with Gasteiger partial charge in [0.25, 0.3) is 5.56 Å². The molecule has 2 aliphatic rings. The van der Waals surface area contributed by atoms with Gasteiger partial charge < -0.3 is 15.4 Å². The molecule has 1 aliphatic carbocycles. The number of fused-ring (bicyclic) bond motifs is 1. The fourth-order valence-electron chi connectivity index (χ4n) is 5.56. The van der Waals surface area contributed by atoms with Crippen molar-refractivity contribution < 1.29 is 9.13 Å². The SMILES string of the molecule is COCC#Cc1ccc2c(c1)[C@@H](N)C1(CCN(c3nc(C)n(-c4cccc(Cl)c4Cl)c(=O)c3F)CC1)C2. The Morgan fingerprint density at radius 2 is 2.00 bits per heavy atom. The third-order valence-corrected chi connectivity index (χ3v) is 8.35. The van der Waals surface area contributed by atoms with Crippen LogP contribution in [0.5, 0.6) is 0 Å². The van der Waals surface area contributed by atoms with Crippen LogP contribution in [0.2, 0.25) is 10.0 Å². The molecule has 192 valence electrons. The molecule has 3 aromatic rings. The molecule has 5 rings (SSSR count). The summed E-state index contributed by atoms with van der Waals surface area (Å²) >= 11 is 12.4. The Labute approximate surface area is 225 Å². The minimum absolute atomic E-state index is 0.0616. The lowest BCUT2D eigenvalue weighted by Gasteiger charge is -2.42. The first-order chi connectivity index (χ1) is 17.8. The summed E-state index contributed by atoms with van der Waals surface area (Å²) < 4.78 is 21.6. The highest BCUT2D eigenvalue weighted by Gasteiger charge is 2.46. The molecule has 6 nitrogen and oxygen atoms in total. The number of hydrogen-bond donors (Lipinski definition) is 1. The van der Waals surface area contributed by atoms with E-state index in [1.165, 1.54) is 5.56 Å². The fraction of sp³-hybridized carbons (Fsp3) is 0.357. The molecule has 0 unspecified atom stereocenters. The van der Waals surface area contributed by atoms with E-state index in [-0.39, 0.29) is 27.3 Å². The van der Waals surface area contributed by atoms with Gasteiger partial charge in [0, 0.05) is 31.8 Å². The Morgan fingerprint density at radius 1 is 1.24 bits per heavy atom. The Bertz CT molecular complexity index is 1490. The van der Waals surface area contributed by atoms with Gasteiger partial charge in [-0.15, -0.1) is 0 Å². The number of methoxy groups -OCH3 is 1. The monoisotopic (exact) mass is 540 g/mol. The molecule has 0 saturated carbocycles. The summed E-state index contributed by atoms with van der Waals surface area (Å²) in [5.41, 5.74) is 9.45. The molecular weight excluding hydrogens is 514 g/mol. The van der Waals surface area contributed by atoms with Gasteiger partial charge in [0.2, 0.25) is 5.82 Å². The maximum atomic E-state index is 15.4. The van der Waals surface area contributed by atoms with Gasteiger partial charge in [-0.1, -0.05) is 47.2 Å². The zero-order chi connectivity index (χ0) is 26.3. The Morgan fingerprint density at radius 3 is 2.73 bits per heavy atom. The lowest BCUT2D eigenvalue weighted by atomic mass is 9.73. The molecule has 0 radical (unpaired) electrons. The quantitative estimate of drug-likeness (QED) is 0.482. The van der Waals surface area contributed by atoms with Crippen molar-refractivity contribution in [3.8, 4) is 17.5 Å². The van der Waals surface area contributed by atoms with Gasteiger partial charge >= 0.3 is 0 Å². The Kier molecular flexibility index (Phi) is 7.03. The summed E-state index contributed by atoms with van der Waals surface area (Å²) in [6.45, 7) is 3.13. The molecule has 2 N–H and O–H groups in total. The fourth-order valence-corrected chi connectivity index (χ4v) is 5.94. The maximum Gasteiger partial charge on any atom is 0.296 e. The van der Waals surface area contributed by atoms with Crippen molar-refractivity contribution in [3.05, 3.63) is 85.1 Å². The van der Waals surface area contributed by atoms with E-state index in [0.717, 1.165) is 35.0 Å². The number of rotatable bonds is 3. The topological polar surface area (TPSA) is 73.4 Å². The van der Waals surface area contributed by atoms with Crippen LogP contribution in [0.3, 0.4) is 0 Å². The first-order valence-electron chi connectivity index (χ1n) is 12.1. The van der Waals surface area contributed by atoms with Gasteiger partial charge in [-0.2, -0.15) is 4.39 Å². The van der Waals surface area contributed by atoms with Gasteiger partial charge in [0.15, 0.2) is 5.82 Å². The van der Waals surface area contributed by atoms with E-state index in [0.29, 0.717) is 31.2 Å². The van der Waals surface area contributed by atoms with E-state index in [2.05, 4.69) is 29.0 Å². The van der Waals surface area contributed by atoms with E-state index < -0.39 is 11.4 Å². The minimum Gasteiger partial charge on any atom is -0.372 e. The van der Waals surface area contributed by atoms with Crippen molar-refractivity contribution in [2.75, 3.05) is 31.7 Å². The van der Waals surface area contributed by atoms with Gasteiger partial charge in [-0.3, -0.25) is 9.36 Å². The van der Waals surface area contributed by atoms with Crippen LogP contribution in [0.15, 0.2) is 41.2 Å². The zero-order valence-electron chi connectivity index (χ0n) is 20.7. The van der Waals surface area contributed by atoms with E-state index in [1.807, 2.05) is 11.0 Å². The molecule has 1 aromatic heterocycles. The molecule has 37 heavy (non-hydrogen) atoms. The molecule has 1 fully saturated rings. The van der Waals surface area contributed by atoms with E-state index in [9.17, 15) is 4.79 Å². The largest absolute Gasteiger partial charge is 0.372 e. The molecular formula is C28H27Cl2FN4O2. The zero-order valence-corrected chi connectivity index (χ0v) is 22.2. The predicted octanol–water partition coefficient (Wildman–Crippen LogP) is 4.83. The van der Waals surface area contributed by atoms with Crippen molar-refractivity contribution in [2.45, 2.75) is 32.2 Å². The summed E-state index contributed by atoms with van der Waals surface area (Å²) in [5.74, 6) is 5.59. The molecule has 1 aliphatic heterocycles. The van der Waals surface area contributed by atoms with Gasteiger partial charge in [0.05, 0.1) is 15.7 Å². The number of anilines is 1. The third kappa shape index (κ3) is 4.53. The van der Waals surface area contributed by atoms with Crippen LogP contribution in [0.4, 0.5) is 10.2 Å². The summed E-state index contributed by atoms with van der Waals surface area (Å²) in [4.78, 5) is 19.4. The van der Waals surface area contributed by atoms with E-state index in [1.54, 1.807) is 32.2 Å². The van der Waals surface area contributed by atoms with Crippen molar-refractivity contribution in [2.24, 2.45) is 11.1 Å². The number of aromatic nitrogens is 2. The molecule has 2 aromatic carbocycles.